The van der Waals surface area contributed by atoms with E-state index < -0.39 is 86.8 Å². The van der Waals surface area contributed by atoms with Crippen molar-refractivity contribution in [2.45, 2.75) is 402 Å². The van der Waals surface area contributed by atoms with Crippen LogP contribution in [-0.2, 0) is 23.7 Å². The molecule has 12 atom stereocenters. The van der Waals surface area contributed by atoms with Gasteiger partial charge in [0.1, 0.15) is 48.8 Å². The quantitative estimate of drug-likeness (QED) is 0.0204. The zero-order valence-corrected chi connectivity index (χ0v) is 58.1. The third-order valence-electron chi connectivity index (χ3n) is 18.4. The maximum Gasteiger partial charge on any atom is 0.220 e. The van der Waals surface area contributed by atoms with Gasteiger partial charge in [0.25, 0.3) is 0 Å². The SMILES string of the molecule is CCCCCCC/C=C\C/C=C\C/C=C\CCCCCCCCCCCCCCCCCCC(=O)NC(COC1OC(CO)C(OC2OC(CO)C(O)C(O)C2O)C(O)C1O)C(O)/C=C/CC/C=C/CCCCCCCCCCCCCCCCCCCCCC. The third-order valence-corrected chi connectivity index (χ3v) is 18.4. The first-order valence-corrected chi connectivity index (χ1v) is 38.0. The molecule has 2 heterocycles. The molecule has 1 amide bonds. The summed E-state index contributed by atoms with van der Waals surface area (Å²) in [7, 11) is 0. The van der Waals surface area contributed by atoms with Gasteiger partial charge in [-0.05, 0) is 70.6 Å². The highest BCUT2D eigenvalue weighted by molar-refractivity contribution is 5.76. The molecule has 14 nitrogen and oxygen atoms in total. The molecule has 0 aromatic heterocycles. The van der Waals surface area contributed by atoms with Crippen LogP contribution in [0.3, 0.4) is 0 Å². The number of aliphatic hydroxyl groups is 8. The number of nitrogens with one attached hydrogen (secondary N) is 1. The number of carbonyl (C=O) groups is 1. The monoisotopic (exact) mass is 1290 g/mol. The lowest BCUT2D eigenvalue weighted by atomic mass is 9.97. The van der Waals surface area contributed by atoms with E-state index in [9.17, 15) is 45.6 Å². The number of ether oxygens (including phenoxy) is 4. The van der Waals surface area contributed by atoms with Gasteiger partial charge in [0, 0.05) is 6.42 Å². The van der Waals surface area contributed by atoms with Gasteiger partial charge in [-0.15, -0.1) is 0 Å². The largest absolute Gasteiger partial charge is 0.394 e. The Morgan fingerprint density at radius 2 is 0.736 bits per heavy atom. The number of aliphatic hydroxyl groups excluding tert-OH is 8. The van der Waals surface area contributed by atoms with Crippen LogP contribution >= 0.6 is 0 Å². The van der Waals surface area contributed by atoms with Crippen LogP contribution in [0, 0.1) is 0 Å². The fourth-order valence-electron chi connectivity index (χ4n) is 12.4. The second-order valence-electron chi connectivity index (χ2n) is 26.8. The van der Waals surface area contributed by atoms with Gasteiger partial charge in [0.2, 0.25) is 5.91 Å². The molecule has 9 N–H and O–H groups in total. The predicted octanol–water partition coefficient (Wildman–Crippen LogP) is 16.4. The van der Waals surface area contributed by atoms with Crippen molar-refractivity contribution in [3.63, 3.8) is 0 Å². The first-order valence-electron chi connectivity index (χ1n) is 38.0. The van der Waals surface area contributed by atoms with E-state index in [4.69, 9.17) is 18.9 Å². The summed E-state index contributed by atoms with van der Waals surface area (Å²) in [6, 6.07) is -0.935. The molecule has 91 heavy (non-hydrogen) atoms. The van der Waals surface area contributed by atoms with Crippen LogP contribution in [0.4, 0.5) is 0 Å². The molecule has 0 spiro atoms. The molecule has 2 fully saturated rings. The molecule has 0 radical (unpaired) electrons. The molecule has 0 bridgehead atoms. The van der Waals surface area contributed by atoms with Crippen molar-refractivity contribution in [1.82, 2.24) is 5.32 Å². The Labute approximate surface area is 556 Å². The maximum atomic E-state index is 13.4. The lowest BCUT2D eigenvalue weighted by Gasteiger charge is -2.46. The second-order valence-corrected chi connectivity index (χ2v) is 26.8. The second kappa shape index (κ2) is 61.3. The molecule has 0 aromatic carbocycles. The van der Waals surface area contributed by atoms with Crippen LogP contribution in [-0.4, -0.2) is 140 Å². The van der Waals surface area contributed by atoms with Crippen molar-refractivity contribution in [2.24, 2.45) is 0 Å². The van der Waals surface area contributed by atoms with E-state index in [1.54, 1.807) is 6.08 Å². The van der Waals surface area contributed by atoms with E-state index in [0.29, 0.717) is 12.8 Å². The minimum absolute atomic E-state index is 0.246. The number of rotatable bonds is 63. The Morgan fingerprint density at radius 1 is 0.396 bits per heavy atom. The van der Waals surface area contributed by atoms with Crippen molar-refractivity contribution in [1.29, 1.82) is 0 Å². The van der Waals surface area contributed by atoms with Gasteiger partial charge in [-0.2, -0.15) is 0 Å². The van der Waals surface area contributed by atoms with Crippen LogP contribution < -0.4 is 5.32 Å². The number of unbranched alkanes of at least 4 members (excludes halogenated alkanes) is 42. The third kappa shape index (κ3) is 44.9. The highest BCUT2D eigenvalue weighted by Crippen LogP contribution is 2.30. The number of hydrogen-bond acceptors (Lipinski definition) is 13. The van der Waals surface area contributed by atoms with E-state index in [1.165, 1.54) is 250 Å². The van der Waals surface area contributed by atoms with Crippen molar-refractivity contribution in [3.8, 4) is 0 Å². The Kier molecular flexibility index (Phi) is 57.1. The lowest BCUT2D eigenvalue weighted by molar-refractivity contribution is -0.359. The Hall–Kier alpha value is -2.31. The molecule has 532 valence electrons. The van der Waals surface area contributed by atoms with Gasteiger partial charge in [-0.25, -0.2) is 0 Å². The maximum absolute atomic E-state index is 13.4. The fraction of sp³-hybridized carbons (Fsp3) is 0.857. The van der Waals surface area contributed by atoms with Crippen LogP contribution in [0.5, 0.6) is 0 Å². The lowest BCUT2D eigenvalue weighted by Crippen LogP contribution is -2.65. The molecule has 2 saturated heterocycles. The molecule has 0 aliphatic carbocycles. The summed E-state index contributed by atoms with van der Waals surface area (Å²) in [6.45, 7) is 2.82. The van der Waals surface area contributed by atoms with E-state index in [0.717, 1.165) is 44.9 Å². The summed E-state index contributed by atoms with van der Waals surface area (Å²) in [6.07, 6.45) is 65.7. The Morgan fingerprint density at radius 3 is 1.15 bits per heavy atom. The van der Waals surface area contributed by atoms with Gasteiger partial charge in [-0.1, -0.05) is 312 Å². The van der Waals surface area contributed by atoms with Crippen LogP contribution in [0.2, 0.25) is 0 Å². The van der Waals surface area contributed by atoms with E-state index in [-0.39, 0.29) is 18.9 Å². The smallest absolute Gasteiger partial charge is 0.220 e. The Bertz CT molecular complexity index is 1760. The summed E-state index contributed by atoms with van der Waals surface area (Å²) in [5.74, 6) is -0.246. The highest BCUT2D eigenvalue weighted by Gasteiger charge is 2.51. The van der Waals surface area contributed by atoms with E-state index >= 15 is 0 Å². The summed E-state index contributed by atoms with van der Waals surface area (Å²) >= 11 is 0. The molecule has 14 heteroatoms. The molecule has 0 saturated carbocycles. The molecule has 12 unspecified atom stereocenters. The van der Waals surface area contributed by atoms with Crippen LogP contribution in [0.25, 0.3) is 0 Å². The summed E-state index contributed by atoms with van der Waals surface area (Å²) < 4.78 is 22.9. The minimum atomic E-state index is -1.79. The number of allylic oxidation sites excluding steroid dienone is 9. The molecular weight excluding hydrogens is 1150 g/mol. The highest BCUT2D eigenvalue weighted by atomic mass is 16.7. The minimum Gasteiger partial charge on any atom is -0.394 e. The fourth-order valence-corrected chi connectivity index (χ4v) is 12.4. The zero-order valence-electron chi connectivity index (χ0n) is 58.1. The zero-order chi connectivity index (χ0) is 65.9. The summed E-state index contributed by atoms with van der Waals surface area (Å²) in [5, 5.41) is 87.6. The Balaban J connectivity index is 1.66. The van der Waals surface area contributed by atoms with Crippen molar-refractivity contribution in [3.05, 3.63) is 60.8 Å². The standard InChI is InChI=1S/C77H141NO13/c1-3-5-7-9-11-13-15-17-19-21-23-25-27-29-31-32-33-34-35-37-39-41-43-45-47-49-51-53-55-57-59-61-69(82)78-65(64-88-76-74(87)72(85)75(68(63-80)90-76)91-77-73(86)71(84)70(83)67(62-79)89-77)66(81)60-58-56-54-52-50-48-46-44-42-40-38-36-30-28-26-24-22-20-18-16-14-12-10-8-6-4-2/h15,17,21,23,27,29,50,52,58,60,65-68,70-77,79-81,83-87H,3-14,16,18-20,22,24-26,28,30-49,51,53-57,59,61-64H2,1-2H3,(H,78,82)/b17-15-,23-21-,29-27-,52-50+,60-58+. The van der Waals surface area contributed by atoms with Crippen molar-refractivity contribution < 1.29 is 64.6 Å². The molecule has 0 aromatic rings. The van der Waals surface area contributed by atoms with Crippen molar-refractivity contribution >= 4 is 5.91 Å². The molecule has 2 aliphatic heterocycles. The van der Waals surface area contributed by atoms with Crippen molar-refractivity contribution in [2.75, 3.05) is 19.8 Å². The van der Waals surface area contributed by atoms with E-state index in [1.807, 2.05) is 6.08 Å². The number of amides is 1. The molecule has 2 aliphatic rings. The summed E-state index contributed by atoms with van der Waals surface area (Å²) in [4.78, 5) is 13.4. The van der Waals surface area contributed by atoms with Gasteiger partial charge < -0.3 is 65.1 Å². The number of carbonyl (C=O) groups excluding carboxylic acids is 1. The van der Waals surface area contributed by atoms with Gasteiger partial charge in [-0.3, -0.25) is 4.79 Å². The first-order chi connectivity index (χ1) is 44.6. The van der Waals surface area contributed by atoms with Crippen LogP contribution in [0.15, 0.2) is 60.8 Å². The van der Waals surface area contributed by atoms with E-state index in [2.05, 4.69) is 67.8 Å². The number of hydrogen-bond donors (Lipinski definition) is 9. The van der Waals surface area contributed by atoms with Gasteiger partial charge >= 0.3 is 0 Å². The topological polar surface area (TPSA) is 228 Å². The van der Waals surface area contributed by atoms with Gasteiger partial charge in [0.15, 0.2) is 12.6 Å². The average Bonchev–Trinajstić information content (AvgIpc) is 1.25. The van der Waals surface area contributed by atoms with Crippen LogP contribution in [0.1, 0.15) is 328 Å². The molecule has 2 rings (SSSR count). The van der Waals surface area contributed by atoms with Gasteiger partial charge in [0.05, 0.1) is 32.0 Å². The summed E-state index contributed by atoms with van der Waals surface area (Å²) in [5.41, 5.74) is 0. The first kappa shape index (κ1) is 84.8. The normalized spacial score (nSPS) is 23.1. The average molecular weight is 1290 g/mol. The molecular formula is C77H141NO13. The predicted molar refractivity (Wildman–Crippen MR) is 374 cm³/mol.